The molecular weight excluding hydrogens is 446 g/mol. The smallest absolute Gasteiger partial charge is 0.243 e. The summed E-state index contributed by atoms with van der Waals surface area (Å²) in [5.41, 5.74) is 2.73. The molecule has 2 aromatic carbocycles. The molecule has 0 unspecified atom stereocenters. The minimum Gasteiger partial charge on any atom is -0.352 e. The minimum atomic E-state index is -0.282. The molecule has 0 aromatic heterocycles. The third-order valence-electron chi connectivity index (χ3n) is 3.61. The van der Waals surface area contributed by atoms with E-state index in [0.717, 1.165) is 17.7 Å². The van der Waals surface area contributed by atoms with Crippen LogP contribution in [0.4, 0.5) is 10.1 Å². The zero-order valence-corrected chi connectivity index (χ0v) is 17.2. The Labute approximate surface area is 170 Å². The molecule has 0 aliphatic heterocycles. The van der Waals surface area contributed by atoms with Crippen LogP contribution < -0.4 is 16.0 Å². The maximum Gasteiger partial charge on any atom is 0.243 e. The fourth-order valence-corrected chi connectivity index (χ4v) is 2.29. The van der Waals surface area contributed by atoms with Crippen molar-refractivity contribution in [3.63, 3.8) is 0 Å². The van der Waals surface area contributed by atoms with E-state index in [2.05, 4.69) is 27.9 Å². The van der Waals surface area contributed by atoms with Crippen molar-refractivity contribution >= 4 is 41.5 Å². The molecule has 0 saturated heterocycles. The van der Waals surface area contributed by atoms with E-state index in [9.17, 15) is 9.18 Å². The summed E-state index contributed by atoms with van der Waals surface area (Å²) in [6, 6.07) is 14.1. The largest absolute Gasteiger partial charge is 0.352 e. The number of guanidine groups is 1. The molecule has 26 heavy (non-hydrogen) atoms. The summed E-state index contributed by atoms with van der Waals surface area (Å²) in [5.74, 6) is 0.0274. The highest BCUT2D eigenvalue weighted by atomic mass is 127. The molecule has 0 radical (unpaired) electrons. The second-order valence-corrected chi connectivity index (χ2v) is 5.51. The molecule has 0 atom stereocenters. The first kappa shape index (κ1) is 21.9. The van der Waals surface area contributed by atoms with E-state index in [1.54, 1.807) is 13.1 Å². The van der Waals surface area contributed by atoms with Gasteiger partial charge in [0.25, 0.3) is 0 Å². The van der Waals surface area contributed by atoms with E-state index in [1.807, 2.05) is 30.3 Å². The van der Waals surface area contributed by atoms with Crippen LogP contribution in [0.25, 0.3) is 0 Å². The van der Waals surface area contributed by atoms with Crippen LogP contribution in [0.2, 0.25) is 0 Å². The fraction of sp³-hybridized carbons (Fsp3) is 0.263. The fourth-order valence-electron chi connectivity index (χ4n) is 2.29. The number of nitrogens with one attached hydrogen (secondary N) is 3. The highest BCUT2D eigenvalue weighted by molar-refractivity contribution is 14.0. The van der Waals surface area contributed by atoms with Crippen LogP contribution in [-0.4, -0.2) is 25.5 Å². The average molecular weight is 470 g/mol. The summed E-state index contributed by atoms with van der Waals surface area (Å²) in [6.45, 7) is 2.56. The van der Waals surface area contributed by atoms with Crippen molar-refractivity contribution < 1.29 is 9.18 Å². The lowest BCUT2D eigenvalue weighted by molar-refractivity contribution is -0.115. The summed E-state index contributed by atoms with van der Waals surface area (Å²) >= 11 is 0. The molecule has 5 nitrogen and oxygen atoms in total. The van der Waals surface area contributed by atoms with Crippen LogP contribution in [0, 0.1) is 5.82 Å². The average Bonchev–Trinajstić information content (AvgIpc) is 2.62. The Morgan fingerprint density at radius 3 is 2.50 bits per heavy atom. The van der Waals surface area contributed by atoms with Gasteiger partial charge in [0.05, 0.1) is 6.54 Å². The summed E-state index contributed by atoms with van der Waals surface area (Å²) < 4.78 is 13.2. The number of aliphatic imine (C=N–C) groups is 1. The van der Waals surface area contributed by atoms with Crippen molar-refractivity contribution in [1.29, 1.82) is 0 Å². The summed E-state index contributed by atoms with van der Waals surface area (Å²) in [4.78, 5) is 16.1. The number of hydrogen-bond donors (Lipinski definition) is 3. The summed E-state index contributed by atoms with van der Waals surface area (Å²) in [7, 11) is 1.61. The third kappa shape index (κ3) is 7.38. The van der Waals surface area contributed by atoms with Crippen LogP contribution in [0.1, 0.15) is 18.1 Å². The lowest BCUT2D eigenvalue weighted by atomic mass is 10.1. The van der Waals surface area contributed by atoms with Crippen LogP contribution in [0.5, 0.6) is 0 Å². The monoisotopic (exact) mass is 470 g/mol. The molecule has 0 fully saturated rings. The van der Waals surface area contributed by atoms with Crippen molar-refractivity contribution in [2.45, 2.75) is 19.9 Å². The van der Waals surface area contributed by atoms with Crippen LogP contribution in [-0.2, 0) is 17.8 Å². The van der Waals surface area contributed by atoms with E-state index < -0.39 is 0 Å². The number of anilines is 1. The first-order valence-electron chi connectivity index (χ1n) is 8.18. The predicted octanol–water partition coefficient (Wildman–Crippen LogP) is 3.31. The molecule has 2 aromatic rings. The van der Waals surface area contributed by atoms with Gasteiger partial charge in [-0.15, -0.1) is 24.0 Å². The molecular formula is C19H24FIN4O. The van der Waals surface area contributed by atoms with Gasteiger partial charge < -0.3 is 16.0 Å². The lowest BCUT2D eigenvalue weighted by Gasteiger charge is -2.12. The maximum atomic E-state index is 13.2. The van der Waals surface area contributed by atoms with Crippen LogP contribution in [0.3, 0.4) is 0 Å². The van der Waals surface area contributed by atoms with Gasteiger partial charge in [0.2, 0.25) is 5.91 Å². The van der Waals surface area contributed by atoms with Gasteiger partial charge in [-0.25, -0.2) is 4.39 Å². The number of halogens is 2. The normalized spacial score (nSPS) is 10.7. The summed E-state index contributed by atoms with van der Waals surface area (Å²) in [6.07, 6.45) is 0.915. The van der Waals surface area contributed by atoms with Crippen LogP contribution >= 0.6 is 24.0 Å². The zero-order valence-electron chi connectivity index (χ0n) is 14.9. The second-order valence-electron chi connectivity index (χ2n) is 5.51. The van der Waals surface area contributed by atoms with Gasteiger partial charge >= 0.3 is 0 Å². The number of carbonyl (C=O) groups excluding carboxylic acids is 1. The Balaban J connectivity index is 0.00000338. The molecule has 0 heterocycles. The lowest BCUT2D eigenvalue weighted by Crippen LogP contribution is -2.41. The van der Waals surface area contributed by atoms with Crippen molar-refractivity contribution in [3.8, 4) is 0 Å². The molecule has 0 aliphatic carbocycles. The molecule has 0 aliphatic rings. The molecule has 0 spiro atoms. The molecule has 2 rings (SSSR count). The Kier molecular flexibility index (Phi) is 9.64. The van der Waals surface area contributed by atoms with Gasteiger partial charge in [-0.05, 0) is 41.8 Å². The number of benzene rings is 2. The maximum absolute atomic E-state index is 13.2. The highest BCUT2D eigenvalue weighted by Gasteiger charge is 2.05. The Morgan fingerprint density at radius 1 is 1.08 bits per heavy atom. The van der Waals surface area contributed by atoms with Crippen molar-refractivity contribution in [3.05, 3.63) is 65.5 Å². The van der Waals surface area contributed by atoms with E-state index in [0.29, 0.717) is 12.5 Å². The topological polar surface area (TPSA) is 65.5 Å². The number of nitrogens with zero attached hydrogens (tertiary/aromatic N) is 1. The van der Waals surface area contributed by atoms with Crippen molar-refractivity contribution in [2.24, 2.45) is 4.99 Å². The highest BCUT2D eigenvalue weighted by Crippen LogP contribution is 2.10. The Bertz CT molecular complexity index is 752. The van der Waals surface area contributed by atoms with Gasteiger partial charge in [0, 0.05) is 19.3 Å². The number of rotatable bonds is 6. The summed E-state index contributed by atoms with van der Waals surface area (Å²) in [5, 5.41) is 8.82. The van der Waals surface area contributed by atoms with Gasteiger partial charge in [0.1, 0.15) is 5.82 Å². The molecule has 3 N–H and O–H groups in total. The number of carbonyl (C=O) groups is 1. The predicted molar refractivity (Wildman–Crippen MR) is 114 cm³/mol. The molecule has 7 heteroatoms. The Hall–Kier alpha value is -2.16. The van der Waals surface area contributed by atoms with Gasteiger partial charge in [-0.2, -0.15) is 0 Å². The number of aryl methyl sites for hydroxylation is 1. The van der Waals surface area contributed by atoms with E-state index in [4.69, 9.17) is 0 Å². The van der Waals surface area contributed by atoms with Gasteiger partial charge in [-0.3, -0.25) is 9.79 Å². The van der Waals surface area contributed by atoms with E-state index in [1.165, 1.54) is 17.7 Å². The number of amides is 1. The van der Waals surface area contributed by atoms with Gasteiger partial charge in [0.15, 0.2) is 5.96 Å². The molecule has 0 bridgehead atoms. The second kappa shape index (κ2) is 11.5. The quantitative estimate of drug-likeness (QED) is 0.345. The molecule has 1 amide bonds. The van der Waals surface area contributed by atoms with E-state index >= 15 is 0 Å². The van der Waals surface area contributed by atoms with Crippen molar-refractivity contribution in [2.75, 3.05) is 18.9 Å². The third-order valence-corrected chi connectivity index (χ3v) is 3.61. The van der Waals surface area contributed by atoms with Crippen LogP contribution in [0.15, 0.2) is 53.5 Å². The molecule has 0 saturated carbocycles. The first-order chi connectivity index (χ1) is 12.1. The van der Waals surface area contributed by atoms with E-state index in [-0.39, 0.29) is 42.2 Å². The number of hydrogen-bond acceptors (Lipinski definition) is 2. The first-order valence-corrected chi connectivity index (χ1v) is 8.18. The molecule has 140 valence electrons. The van der Waals surface area contributed by atoms with Gasteiger partial charge in [-0.1, -0.05) is 31.2 Å². The van der Waals surface area contributed by atoms with Crippen molar-refractivity contribution in [1.82, 2.24) is 10.6 Å². The SMILES string of the molecule is CCc1cccc(NC(=O)CNC(=NC)NCc2cccc(F)c2)c1.I. The zero-order chi connectivity index (χ0) is 18.1. The standard InChI is InChI=1S/C19H23FN4O.HI/c1-3-14-6-5-9-17(11-14)24-18(25)13-23-19(21-2)22-12-15-7-4-8-16(20)10-15;/h4-11H,3,12-13H2,1-2H3,(H,24,25)(H2,21,22,23);1H. The minimum absolute atomic E-state index is 0. The Morgan fingerprint density at radius 2 is 1.81 bits per heavy atom.